The highest BCUT2D eigenvalue weighted by Gasteiger charge is 2.38. The van der Waals surface area contributed by atoms with E-state index in [0.29, 0.717) is 19.3 Å². The first-order valence-electron chi connectivity index (χ1n) is 7.63. The minimum Gasteiger partial charge on any atom is -0.352 e. The molecule has 0 bridgehead atoms. The summed E-state index contributed by atoms with van der Waals surface area (Å²) in [6.45, 7) is 10.7. The second kappa shape index (κ2) is 6.70. The molecule has 1 unspecified atom stereocenters. The molecule has 0 saturated heterocycles. The van der Waals surface area contributed by atoms with E-state index in [2.05, 4.69) is 43.4 Å². The van der Waals surface area contributed by atoms with Gasteiger partial charge in [0.15, 0.2) is 6.29 Å². The van der Waals surface area contributed by atoms with Crippen LogP contribution in [0.15, 0.2) is 24.3 Å². The lowest BCUT2D eigenvalue weighted by Gasteiger charge is -2.30. The average Bonchev–Trinajstić information content (AvgIpc) is 2.66. The summed E-state index contributed by atoms with van der Waals surface area (Å²) in [5, 5.41) is 3.65. The summed E-state index contributed by atoms with van der Waals surface area (Å²) in [5.74, 6) is 0. The first-order valence-corrected chi connectivity index (χ1v) is 7.63. The Morgan fingerprint density at radius 1 is 1.20 bits per heavy atom. The van der Waals surface area contributed by atoms with Crippen LogP contribution in [0.1, 0.15) is 44.9 Å². The lowest BCUT2D eigenvalue weighted by molar-refractivity contribution is -0.134. The van der Waals surface area contributed by atoms with E-state index >= 15 is 0 Å². The van der Waals surface area contributed by atoms with Crippen molar-refractivity contribution < 1.29 is 9.47 Å². The van der Waals surface area contributed by atoms with Gasteiger partial charge in [-0.05, 0) is 36.8 Å². The summed E-state index contributed by atoms with van der Waals surface area (Å²) in [6, 6.07) is 9.08. The second-order valence-corrected chi connectivity index (χ2v) is 6.05. The third-order valence-electron chi connectivity index (χ3n) is 3.99. The Labute approximate surface area is 122 Å². The van der Waals surface area contributed by atoms with Gasteiger partial charge in [-0.3, -0.25) is 0 Å². The van der Waals surface area contributed by atoms with Crippen molar-refractivity contribution >= 4 is 0 Å². The molecule has 0 heterocycles. The van der Waals surface area contributed by atoms with E-state index in [9.17, 15) is 0 Å². The predicted molar refractivity (Wildman–Crippen MR) is 81.7 cm³/mol. The molecule has 1 N–H and O–H groups in total. The largest absolute Gasteiger partial charge is 0.352 e. The van der Waals surface area contributed by atoms with E-state index in [1.54, 1.807) is 0 Å². The Kier molecular flexibility index (Phi) is 5.19. The normalized spacial score (nSPS) is 20.4. The van der Waals surface area contributed by atoms with Crippen LogP contribution in [0.5, 0.6) is 0 Å². The molecule has 1 aliphatic carbocycles. The topological polar surface area (TPSA) is 30.5 Å². The quantitative estimate of drug-likeness (QED) is 0.776. The third-order valence-corrected chi connectivity index (χ3v) is 3.99. The molecule has 112 valence electrons. The van der Waals surface area contributed by atoms with Gasteiger partial charge >= 0.3 is 0 Å². The summed E-state index contributed by atoms with van der Waals surface area (Å²) in [7, 11) is 0. The number of fused-ring (bicyclic) bond motifs is 1. The number of hydrogen-bond donors (Lipinski definition) is 1. The SMILES string of the molecule is CCOC(CNC1c2ccccc2CC1(C)C)OCC. The molecule has 0 aromatic heterocycles. The fraction of sp³-hybridized carbons (Fsp3) is 0.647. The number of ether oxygens (including phenoxy) is 2. The van der Waals surface area contributed by atoms with Gasteiger partial charge in [-0.1, -0.05) is 38.1 Å². The van der Waals surface area contributed by atoms with Crippen molar-refractivity contribution in [3.05, 3.63) is 35.4 Å². The number of hydrogen-bond acceptors (Lipinski definition) is 3. The van der Waals surface area contributed by atoms with Crippen molar-refractivity contribution in [3.8, 4) is 0 Å². The van der Waals surface area contributed by atoms with E-state index in [0.717, 1.165) is 13.0 Å². The number of benzene rings is 1. The zero-order chi connectivity index (χ0) is 14.6. The van der Waals surface area contributed by atoms with Crippen LogP contribution >= 0.6 is 0 Å². The van der Waals surface area contributed by atoms with E-state index in [4.69, 9.17) is 9.47 Å². The van der Waals surface area contributed by atoms with E-state index < -0.39 is 0 Å². The Morgan fingerprint density at radius 3 is 2.50 bits per heavy atom. The molecule has 0 spiro atoms. The van der Waals surface area contributed by atoms with Crippen molar-refractivity contribution in [1.29, 1.82) is 0 Å². The van der Waals surface area contributed by atoms with Gasteiger partial charge in [-0.2, -0.15) is 0 Å². The standard InChI is InChI=1S/C17H27NO2/c1-5-19-15(20-6-2)12-18-16-14-10-8-7-9-13(14)11-17(16,3)4/h7-10,15-16,18H,5-6,11-12H2,1-4H3. The molecule has 0 saturated carbocycles. The molecule has 1 aromatic carbocycles. The Bertz CT molecular complexity index is 425. The van der Waals surface area contributed by atoms with Crippen molar-refractivity contribution in [2.45, 2.75) is 46.4 Å². The molecule has 0 amide bonds. The van der Waals surface area contributed by atoms with Crippen LogP contribution in [-0.4, -0.2) is 26.0 Å². The molecular formula is C17H27NO2. The fourth-order valence-electron chi connectivity index (χ4n) is 3.13. The summed E-state index contributed by atoms with van der Waals surface area (Å²) >= 11 is 0. The molecule has 3 heteroatoms. The second-order valence-electron chi connectivity index (χ2n) is 6.05. The van der Waals surface area contributed by atoms with Crippen LogP contribution in [0, 0.1) is 5.41 Å². The van der Waals surface area contributed by atoms with Gasteiger partial charge < -0.3 is 14.8 Å². The van der Waals surface area contributed by atoms with Crippen molar-refractivity contribution in [2.24, 2.45) is 5.41 Å². The molecule has 0 radical (unpaired) electrons. The van der Waals surface area contributed by atoms with E-state index in [1.807, 2.05) is 13.8 Å². The van der Waals surface area contributed by atoms with Gasteiger partial charge in [0.2, 0.25) is 0 Å². The summed E-state index contributed by atoms with van der Waals surface area (Å²) in [4.78, 5) is 0. The smallest absolute Gasteiger partial charge is 0.169 e. The predicted octanol–water partition coefficient (Wildman–Crippen LogP) is 3.30. The maximum absolute atomic E-state index is 5.61. The van der Waals surface area contributed by atoms with E-state index in [1.165, 1.54) is 11.1 Å². The lowest BCUT2D eigenvalue weighted by atomic mass is 9.85. The Hall–Kier alpha value is -0.900. The number of nitrogens with one attached hydrogen (secondary N) is 1. The zero-order valence-electron chi connectivity index (χ0n) is 13.1. The van der Waals surface area contributed by atoms with Crippen LogP contribution in [0.4, 0.5) is 0 Å². The lowest BCUT2D eigenvalue weighted by Crippen LogP contribution is -2.38. The summed E-state index contributed by atoms with van der Waals surface area (Å²) < 4.78 is 11.2. The number of rotatable bonds is 7. The maximum atomic E-state index is 5.61. The molecule has 2 rings (SSSR count). The minimum atomic E-state index is -0.159. The van der Waals surface area contributed by atoms with Crippen LogP contribution in [0.2, 0.25) is 0 Å². The van der Waals surface area contributed by atoms with Gasteiger partial charge in [0.1, 0.15) is 0 Å². The van der Waals surface area contributed by atoms with Gasteiger partial charge in [-0.25, -0.2) is 0 Å². The first kappa shape index (κ1) is 15.5. The van der Waals surface area contributed by atoms with Gasteiger partial charge in [0.05, 0.1) is 0 Å². The summed E-state index contributed by atoms with van der Waals surface area (Å²) in [6.07, 6.45) is 0.961. The Morgan fingerprint density at radius 2 is 1.85 bits per heavy atom. The van der Waals surface area contributed by atoms with E-state index in [-0.39, 0.29) is 11.7 Å². The van der Waals surface area contributed by atoms with Crippen LogP contribution in [-0.2, 0) is 15.9 Å². The van der Waals surface area contributed by atoms with Crippen LogP contribution in [0.25, 0.3) is 0 Å². The molecule has 20 heavy (non-hydrogen) atoms. The molecule has 0 aliphatic heterocycles. The third kappa shape index (κ3) is 3.40. The van der Waals surface area contributed by atoms with Crippen molar-refractivity contribution in [1.82, 2.24) is 5.32 Å². The molecule has 1 atom stereocenters. The monoisotopic (exact) mass is 277 g/mol. The van der Waals surface area contributed by atoms with Gasteiger partial charge in [-0.15, -0.1) is 0 Å². The average molecular weight is 277 g/mol. The molecule has 0 fully saturated rings. The molecule has 3 nitrogen and oxygen atoms in total. The van der Waals surface area contributed by atoms with Crippen LogP contribution < -0.4 is 5.32 Å². The van der Waals surface area contributed by atoms with Crippen molar-refractivity contribution in [2.75, 3.05) is 19.8 Å². The molecular weight excluding hydrogens is 250 g/mol. The summed E-state index contributed by atoms with van der Waals surface area (Å²) in [5.41, 5.74) is 3.11. The minimum absolute atomic E-state index is 0.159. The van der Waals surface area contributed by atoms with Gasteiger partial charge in [0, 0.05) is 25.8 Å². The maximum Gasteiger partial charge on any atom is 0.169 e. The molecule has 1 aromatic rings. The highest BCUT2D eigenvalue weighted by molar-refractivity contribution is 5.37. The van der Waals surface area contributed by atoms with Gasteiger partial charge in [0.25, 0.3) is 0 Å². The first-order chi connectivity index (χ1) is 9.58. The highest BCUT2D eigenvalue weighted by Crippen LogP contribution is 2.44. The van der Waals surface area contributed by atoms with Crippen molar-refractivity contribution in [3.63, 3.8) is 0 Å². The van der Waals surface area contributed by atoms with Crippen LogP contribution in [0.3, 0.4) is 0 Å². The highest BCUT2D eigenvalue weighted by atomic mass is 16.7. The zero-order valence-corrected chi connectivity index (χ0v) is 13.1. The Balaban J connectivity index is 2.04. The fourth-order valence-corrected chi connectivity index (χ4v) is 3.13. The molecule has 1 aliphatic rings.